The Morgan fingerprint density at radius 3 is 2.67 bits per heavy atom. The number of hydrogen-bond acceptors (Lipinski definition) is 3. The first kappa shape index (κ1) is 15.0. The minimum Gasteiger partial charge on any atom is -0.496 e. The van der Waals surface area contributed by atoms with E-state index in [1.165, 1.54) is 0 Å². The first-order valence-corrected chi connectivity index (χ1v) is 6.42. The number of halogens is 1. The fourth-order valence-corrected chi connectivity index (χ4v) is 2.21. The lowest BCUT2D eigenvalue weighted by Crippen LogP contribution is -2.35. The standard InChI is InChI=1S/C13H18BrNO3/c1-13(2,8-15-7-12(16)17)9-4-5-11(18-3)10(14)6-9/h4-6,15H,7-8H2,1-3H3,(H,16,17). The van der Waals surface area contributed by atoms with Gasteiger partial charge in [0.25, 0.3) is 0 Å². The fraction of sp³-hybridized carbons (Fsp3) is 0.462. The van der Waals surface area contributed by atoms with Crippen LogP contribution in [0.3, 0.4) is 0 Å². The average molecular weight is 316 g/mol. The van der Waals surface area contributed by atoms with Crippen LogP contribution < -0.4 is 10.1 Å². The monoisotopic (exact) mass is 315 g/mol. The van der Waals surface area contributed by atoms with E-state index in [9.17, 15) is 4.79 Å². The van der Waals surface area contributed by atoms with E-state index in [4.69, 9.17) is 9.84 Å². The number of carbonyl (C=O) groups is 1. The number of hydrogen-bond donors (Lipinski definition) is 2. The Hall–Kier alpha value is -1.07. The number of rotatable bonds is 6. The summed E-state index contributed by atoms with van der Waals surface area (Å²) in [6, 6.07) is 5.89. The molecule has 4 nitrogen and oxygen atoms in total. The minimum atomic E-state index is -0.846. The summed E-state index contributed by atoms with van der Waals surface area (Å²) in [5.41, 5.74) is 0.970. The highest BCUT2D eigenvalue weighted by Gasteiger charge is 2.21. The third kappa shape index (κ3) is 3.99. The summed E-state index contributed by atoms with van der Waals surface area (Å²) in [7, 11) is 1.62. The first-order valence-electron chi connectivity index (χ1n) is 5.63. The van der Waals surface area contributed by atoms with Gasteiger partial charge in [0.2, 0.25) is 0 Å². The Labute approximate surface area is 115 Å². The summed E-state index contributed by atoms with van der Waals surface area (Å²) >= 11 is 3.45. The van der Waals surface area contributed by atoms with E-state index < -0.39 is 5.97 Å². The van der Waals surface area contributed by atoms with Gasteiger partial charge in [0.15, 0.2) is 0 Å². The van der Waals surface area contributed by atoms with E-state index >= 15 is 0 Å². The molecule has 5 heteroatoms. The Balaban J connectivity index is 2.77. The Morgan fingerprint density at radius 2 is 2.17 bits per heavy atom. The SMILES string of the molecule is COc1ccc(C(C)(C)CNCC(=O)O)cc1Br. The molecule has 0 fully saturated rings. The van der Waals surface area contributed by atoms with Crippen molar-refractivity contribution in [1.82, 2.24) is 5.32 Å². The van der Waals surface area contributed by atoms with Crippen LogP contribution >= 0.6 is 15.9 Å². The Kier molecular flexibility index (Phi) is 5.16. The van der Waals surface area contributed by atoms with Gasteiger partial charge in [-0.1, -0.05) is 19.9 Å². The van der Waals surface area contributed by atoms with E-state index in [2.05, 4.69) is 35.1 Å². The van der Waals surface area contributed by atoms with Crippen molar-refractivity contribution in [2.75, 3.05) is 20.2 Å². The molecule has 0 saturated carbocycles. The van der Waals surface area contributed by atoms with Crippen molar-refractivity contribution >= 4 is 21.9 Å². The molecule has 0 aromatic heterocycles. The third-order valence-corrected chi connectivity index (χ3v) is 3.40. The third-order valence-electron chi connectivity index (χ3n) is 2.78. The zero-order chi connectivity index (χ0) is 13.8. The van der Waals surface area contributed by atoms with Gasteiger partial charge in [-0.3, -0.25) is 4.79 Å². The molecule has 1 aromatic carbocycles. The first-order chi connectivity index (χ1) is 8.36. The molecule has 0 bridgehead atoms. The summed E-state index contributed by atoms with van der Waals surface area (Å²) in [5.74, 6) is -0.0604. The zero-order valence-corrected chi connectivity index (χ0v) is 12.4. The number of methoxy groups -OCH3 is 1. The highest BCUT2D eigenvalue weighted by molar-refractivity contribution is 9.10. The summed E-state index contributed by atoms with van der Waals surface area (Å²) in [4.78, 5) is 10.5. The molecule has 100 valence electrons. The zero-order valence-electron chi connectivity index (χ0n) is 10.8. The van der Waals surface area contributed by atoms with Crippen LogP contribution in [0.2, 0.25) is 0 Å². The van der Waals surface area contributed by atoms with Crippen LogP contribution in [-0.2, 0) is 10.2 Å². The lowest BCUT2D eigenvalue weighted by molar-refractivity contribution is -0.136. The van der Waals surface area contributed by atoms with E-state index in [-0.39, 0.29) is 12.0 Å². The van der Waals surface area contributed by atoms with Crippen molar-refractivity contribution in [3.63, 3.8) is 0 Å². The van der Waals surface area contributed by atoms with Crippen LogP contribution in [0.15, 0.2) is 22.7 Å². The number of carboxylic acid groups (broad SMARTS) is 1. The van der Waals surface area contributed by atoms with Crippen molar-refractivity contribution in [2.45, 2.75) is 19.3 Å². The van der Waals surface area contributed by atoms with Crippen molar-refractivity contribution in [2.24, 2.45) is 0 Å². The van der Waals surface area contributed by atoms with E-state index in [1.807, 2.05) is 18.2 Å². The lowest BCUT2D eigenvalue weighted by atomic mass is 9.84. The lowest BCUT2D eigenvalue weighted by Gasteiger charge is -2.26. The summed E-state index contributed by atoms with van der Waals surface area (Å²) < 4.78 is 6.08. The van der Waals surface area contributed by atoms with Crippen molar-refractivity contribution in [1.29, 1.82) is 0 Å². The number of carboxylic acids is 1. The van der Waals surface area contributed by atoms with Gasteiger partial charge < -0.3 is 15.2 Å². The van der Waals surface area contributed by atoms with Crippen LogP contribution in [0.25, 0.3) is 0 Å². The Morgan fingerprint density at radius 1 is 1.50 bits per heavy atom. The molecular weight excluding hydrogens is 298 g/mol. The maximum Gasteiger partial charge on any atom is 0.317 e. The summed E-state index contributed by atoms with van der Waals surface area (Å²) in [5, 5.41) is 11.5. The van der Waals surface area contributed by atoms with Gasteiger partial charge in [-0.15, -0.1) is 0 Å². The van der Waals surface area contributed by atoms with Crippen LogP contribution in [0.5, 0.6) is 5.75 Å². The van der Waals surface area contributed by atoms with Gasteiger partial charge in [0.1, 0.15) is 5.75 Å². The molecule has 0 aliphatic carbocycles. The maximum absolute atomic E-state index is 10.5. The highest BCUT2D eigenvalue weighted by atomic mass is 79.9. The van der Waals surface area contributed by atoms with Crippen LogP contribution in [0.1, 0.15) is 19.4 Å². The van der Waals surface area contributed by atoms with Crippen LogP contribution in [0.4, 0.5) is 0 Å². The normalized spacial score (nSPS) is 11.3. The molecule has 0 heterocycles. The number of aliphatic carboxylic acids is 1. The molecular formula is C13H18BrNO3. The number of ether oxygens (including phenoxy) is 1. The van der Waals surface area contributed by atoms with Gasteiger partial charge in [0.05, 0.1) is 18.1 Å². The number of benzene rings is 1. The largest absolute Gasteiger partial charge is 0.496 e. The molecule has 0 spiro atoms. The van der Waals surface area contributed by atoms with Gasteiger partial charge >= 0.3 is 5.97 Å². The molecule has 1 rings (SSSR count). The maximum atomic E-state index is 10.5. The average Bonchev–Trinajstić information content (AvgIpc) is 2.28. The second-order valence-electron chi connectivity index (χ2n) is 4.73. The van der Waals surface area contributed by atoms with Gasteiger partial charge in [0, 0.05) is 12.0 Å². The second-order valence-corrected chi connectivity index (χ2v) is 5.58. The molecule has 0 aliphatic rings. The van der Waals surface area contributed by atoms with E-state index in [1.54, 1.807) is 7.11 Å². The van der Waals surface area contributed by atoms with E-state index in [0.717, 1.165) is 15.8 Å². The Bertz CT molecular complexity index is 432. The summed E-state index contributed by atoms with van der Waals surface area (Å²) in [6.07, 6.45) is 0. The fourth-order valence-electron chi connectivity index (χ4n) is 1.67. The molecule has 0 atom stereocenters. The molecule has 0 amide bonds. The second kappa shape index (κ2) is 6.20. The topological polar surface area (TPSA) is 58.6 Å². The molecule has 1 aromatic rings. The molecule has 0 aliphatic heterocycles. The molecule has 0 unspecified atom stereocenters. The van der Waals surface area contributed by atoms with Gasteiger partial charge in [-0.25, -0.2) is 0 Å². The van der Waals surface area contributed by atoms with Gasteiger partial charge in [-0.2, -0.15) is 0 Å². The smallest absolute Gasteiger partial charge is 0.317 e. The van der Waals surface area contributed by atoms with Crippen LogP contribution in [0, 0.1) is 0 Å². The van der Waals surface area contributed by atoms with E-state index in [0.29, 0.717) is 6.54 Å². The summed E-state index contributed by atoms with van der Waals surface area (Å²) in [6.45, 7) is 4.70. The molecule has 0 saturated heterocycles. The van der Waals surface area contributed by atoms with Gasteiger partial charge in [-0.05, 0) is 33.6 Å². The predicted octanol–water partition coefficient (Wildman–Crippen LogP) is 2.41. The molecule has 2 N–H and O–H groups in total. The van der Waals surface area contributed by atoms with Crippen molar-refractivity contribution < 1.29 is 14.6 Å². The minimum absolute atomic E-state index is 0.0270. The quantitative estimate of drug-likeness (QED) is 0.846. The predicted molar refractivity (Wildman–Crippen MR) is 74.2 cm³/mol. The van der Waals surface area contributed by atoms with Crippen LogP contribution in [-0.4, -0.2) is 31.3 Å². The highest BCUT2D eigenvalue weighted by Crippen LogP contribution is 2.31. The number of nitrogens with one attached hydrogen (secondary N) is 1. The molecule has 18 heavy (non-hydrogen) atoms. The molecule has 0 radical (unpaired) electrons. The van der Waals surface area contributed by atoms with Crippen molar-refractivity contribution in [3.8, 4) is 5.75 Å². The van der Waals surface area contributed by atoms with Crippen molar-refractivity contribution in [3.05, 3.63) is 28.2 Å².